The standard InChI is InChI=1S/C12H22N2O4/c1-9-8-18-7-6-14(9)11(17)13-12(2,3)5-4-10(15)16/h9H,4-8H2,1-3H3,(H,13,17)(H,15,16). The number of hydrogen-bond donors (Lipinski definition) is 2. The Labute approximate surface area is 107 Å². The molecular weight excluding hydrogens is 236 g/mol. The molecule has 6 heteroatoms. The number of nitrogens with one attached hydrogen (secondary N) is 1. The Balaban J connectivity index is 2.49. The summed E-state index contributed by atoms with van der Waals surface area (Å²) in [6.45, 7) is 7.26. The van der Waals surface area contributed by atoms with E-state index in [1.54, 1.807) is 4.90 Å². The van der Waals surface area contributed by atoms with Crippen molar-refractivity contribution < 1.29 is 19.4 Å². The summed E-state index contributed by atoms with van der Waals surface area (Å²) >= 11 is 0. The summed E-state index contributed by atoms with van der Waals surface area (Å²) in [7, 11) is 0. The highest BCUT2D eigenvalue weighted by atomic mass is 16.5. The first-order valence-electron chi connectivity index (χ1n) is 6.20. The molecule has 2 N–H and O–H groups in total. The third-order valence-electron chi connectivity index (χ3n) is 3.04. The van der Waals surface area contributed by atoms with Crippen molar-refractivity contribution in [1.29, 1.82) is 0 Å². The lowest BCUT2D eigenvalue weighted by Gasteiger charge is -2.36. The first kappa shape index (κ1) is 14.8. The Kier molecular flexibility index (Phi) is 4.95. The Morgan fingerprint density at radius 3 is 2.72 bits per heavy atom. The molecule has 0 aromatic carbocycles. The maximum atomic E-state index is 12.1. The number of nitrogens with zero attached hydrogens (tertiary/aromatic N) is 1. The summed E-state index contributed by atoms with van der Waals surface area (Å²) in [6, 6.07) is -0.102. The quantitative estimate of drug-likeness (QED) is 0.790. The van der Waals surface area contributed by atoms with E-state index >= 15 is 0 Å². The second-order valence-corrected chi connectivity index (χ2v) is 5.33. The molecule has 104 valence electrons. The van der Waals surface area contributed by atoms with E-state index in [1.165, 1.54) is 0 Å². The van der Waals surface area contributed by atoms with Crippen molar-refractivity contribution in [2.45, 2.75) is 45.2 Å². The number of carboxylic acids is 1. The largest absolute Gasteiger partial charge is 0.481 e. The fourth-order valence-corrected chi connectivity index (χ4v) is 1.87. The number of carbonyl (C=O) groups is 2. The van der Waals surface area contributed by atoms with Gasteiger partial charge in [-0.25, -0.2) is 4.79 Å². The number of morpholine rings is 1. The predicted octanol–water partition coefficient (Wildman–Crippen LogP) is 1.06. The number of urea groups is 1. The summed E-state index contributed by atoms with van der Waals surface area (Å²) in [5.74, 6) is -0.850. The molecule has 1 aliphatic rings. The van der Waals surface area contributed by atoms with Crippen LogP contribution in [0.5, 0.6) is 0 Å². The van der Waals surface area contributed by atoms with E-state index < -0.39 is 11.5 Å². The second-order valence-electron chi connectivity index (χ2n) is 5.33. The van der Waals surface area contributed by atoms with Gasteiger partial charge in [0.1, 0.15) is 0 Å². The number of hydrogen-bond acceptors (Lipinski definition) is 3. The zero-order chi connectivity index (χ0) is 13.8. The SMILES string of the molecule is CC1COCCN1C(=O)NC(C)(C)CCC(=O)O. The molecule has 1 fully saturated rings. The van der Waals surface area contributed by atoms with Crippen LogP contribution in [-0.4, -0.2) is 53.3 Å². The molecule has 0 spiro atoms. The van der Waals surface area contributed by atoms with Crippen molar-refractivity contribution in [3.63, 3.8) is 0 Å². The van der Waals surface area contributed by atoms with Gasteiger partial charge in [-0.05, 0) is 27.2 Å². The van der Waals surface area contributed by atoms with E-state index in [2.05, 4.69) is 5.32 Å². The maximum Gasteiger partial charge on any atom is 0.318 e. The molecule has 0 aliphatic carbocycles. The molecular formula is C12H22N2O4. The van der Waals surface area contributed by atoms with Crippen molar-refractivity contribution in [2.75, 3.05) is 19.8 Å². The van der Waals surface area contributed by atoms with Gasteiger partial charge in [0.2, 0.25) is 0 Å². The lowest BCUT2D eigenvalue weighted by molar-refractivity contribution is -0.137. The third-order valence-corrected chi connectivity index (χ3v) is 3.04. The molecule has 0 bridgehead atoms. The summed E-state index contributed by atoms with van der Waals surface area (Å²) < 4.78 is 5.27. The lowest BCUT2D eigenvalue weighted by atomic mass is 9.98. The van der Waals surface area contributed by atoms with Gasteiger partial charge in [0, 0.05) is 18.5 Å². The van der Waals surface area contributed by atoms with Crippen LogP contribution < -0.4 is 5.32 Å². The molecule has 6 nitrogen and oxygen atoms in total. The highest BCUT2D eigenvalue weighted by Crippen LogP contribution is 2.14. The number of amides is 2. The number of carboxylic acid groups (broad SMARTS) is 1. The second kappa shape index (κ2) is 6.04. The number of ether oxygens (including phenoxy) is 1. The molecule has 1 saturated heterocycles. The zero-order valence-electron chi connectivity index (χ0n) is 11.2. The van der Waals surface area contributed by atoms with Crippen LogP contribution in [0.1, 0.15) is 33.6 Å². The Morgan fingerprint density at radius 2 is 2.17 bits per heavy atom. The molecule has 1 unspecified atom stereocenters. The van der Waals surface area contributed by atoms with Crippen molar-refractivity contribution in [3.8, 4) is 0 Å². The summed E-state index contributed by atoms with van der Waals surface area (Å²) in [4.78, 5) is 24.4. The number of aliphatic carboxylic acids is 1. The van der Waals surface area contributed by atoms with Gasteiger partial charge >= 0.3 is 12.0 Å². The fourth-order valence-electron chi connectivity index (χ4n) is 1.87. The van der Waals surface area contributed by atoms with Crippen LogP contribution in [0.15, 0.2) is 0 Å². The van der Waals surface area contributed by atoms with Gasteiger partial charge in [0.25, 0.3) is 0 Å². The topological polar surface area (TPSA) is 78.9 Å². The molecule has 1 aliphatic heterocycles. The first-order chi connectivity index (χ1) is 8.32. The Bertz CT molecular complexity index is 317. The van der Waals surface area contributed by atoms with E-state index in [-0.39, 0.29) is 18.5 Å². The van der Waals surface area contributed by atoms with Gasteiger partial charge in [-0.1, -0.05) is 0 Å². The lowest BCUT2D eigenvalue weighted by Crippen LogP contribution is -2.56. The highest BCUT2D eigenvalue weighted by Gasteiger charge is 2.28. The van der Waals surface area contributed by atoms with Gasteiger partial charge < -0.3 is 20.1 Å². The average Bonchev–Trinajstić information content (AvgIpc) is 2.26. The molecule has 1 rings (SSSR count). The minimum Gasteiger partial charge on any atom is -0.481 e. The normalized spacial score (nSPS) is 20.6. The first-order valence-corrected chi connectivity index (χ1v) is 6.20. The van der Waals surface area contributed by atoms with Crippen LogP contribution >= 0.6 is 0 Å². The van der Waals surface area contributed by atoms with E-state index in [9.17, 15) is 9.59 Å². The maximum absolute atomic E-state index is 12.1. The van der Waals surface area contributed by atoms with Crippen molar-refractivity contribution in [1.82, 2.24) is 10.2 Å². The van der Waals surface area contributed by atoms with Crippen LogP contribution in [0.3, 0.4) is 0 Å². The minimum absolute atomic E-state index is 0.0476. The Morgan fingerprint density at radius 1 is 1.50 bits per heavy atom. The highest BCUT2D eigenvalue weighted by molar-refractivity contribution is 5.75. The molecule has 18 heavy (non-hydrogen) atoms. The van der Waals surface area contributed by atoms with Crippen molar-refractivity contribution >= 4 is 12.0 Å². The molecule has 2 amide bonds. The summed E-state index contributed by atoms with van der Waals surface area (Å²) in [5.41, 5.74) is -0.520. The van der Waals surface area contributed by atoms with Crippen LogP contribution in [0, 0.1) is 0 Å². The predicted molar refractivity (Wildman–Crippen MR) is 66.5 cm³/mol. The van der Waals surface area contributed by atoms with Gasteiger partial charge in [-0.3, -0.25) is 4.79 Å². The van der Waals surface area contributed by atoms with Crippen molar-refractivity contribution in [3.05, 3.63) is 0 Å². The van der Waals surface area contributed by atoms with Crippen LogP contribution in [-0.2, 0) is 9.53 Å². The van der Waals surface area contributed by atoms with Crippen LogP contribution in [0.4, 0.5) is 4.79 Å². The summed E-state index contributed by atoms with van der Waals surface area (Å²) in [6.07, 6.45) is 0.457. The number of carbonyl (C=O) groups excluding carboxylic acids is 1. The fraction of sp³-hybridized carbons (Fsp3) is 0.833. The Hall–Kier alpha value is -1.30. The minimum atomic E-state index is -0.850. The van der Waals surface area contributed by atoms with E-state index in [4.69, 9.17) is 9.84 Å². The number of rotatable bonds is 4. The molecule has 0 aromatic heterocycles. The van der Waals surface area contributed by atoms with Crippen molar-refractivity contribution in [2.24, 2.45) is 0 Å². The molecule has 1 heterocycles. The van der Waals surface area contributed by atoms with Crippen LogP contribution in [0.25, 0.3) is 0 Å². The smallest absolute Gasteiger partial charge is 0.318 e. The average molecular weight is 258 g/mol. The van der Waals surface area contributed by atoms with Crippen LogP contribution in [0.2, 0.25) is 0 Å². The van der Waals surface area contributed by atoms with Gasteiger partial charge in [-0.2, -0.15) is 0 Å². The van der Waals surface area contributed by atoms with E-state index in [0.29, 0.717) is 26.2 Å². The van der Waals surface area contributed by atoms with Gasteiger partial charge in [0.05, 0.1) is 19.3 Å². The molecule has 1 atom stereocenters. The molecule has 0 aromatic rings. The monoisotopic (exact) mass is 258 g/mol. The van der Waals surface area contributed by atoms with E-state index in [1.807, 2.05) is 20.8 Å². The van der Waals surface area contributed by atoms with Gasteiger partial charge in [-0.15, -0.1) is 0 Å². The molecule has 0 saturated carbocycles. The molecule has 0 radical (unpaired) electrons. The van der Waals surface area contributed by atoms with Gasteiger partial charge in [0.15, 0.2) is 0 Å². The third kappa shape index (κ3) is 4.52. The van der Waals surface area contributed by atoms with E-state index in [0.717, 1.165) is 0 Å². The summed E-state index contributed by atoms with van der Waals surface area (Å²) in [5, 5.41) is 11.5. The zero-order valence-corrected chi connectivity index (χ0v) is 11.2.